The van der Waals surface area contributed by atoms with Crippen LogP contribution in [0.3, 0.4) is 0 Å². The number of aryl methyl sites for hydroxylation is 1. The van der Waals surface area contributed by atoms with E-state index in [1.807, 2.05) is 0 Å². The zero-order valence-corrected chi connectivity index (χ0v) is 12.3. The summed E-state index contributed by atoms with van der Waals surface area (Å²) in [5, 5.41) is 6.76. The summed E-state index contributed by atoms with van der Waals surface area (Å²) >= 11 is 0. The molecule has 8 nitrogen and oxygen atoms in total. The van der Waals surface area contributed by atoms with E-state index in [1.54, 1.807) is 11.6 Å². The van der Waals surface area contributed by atoms with Gasteiger partial charge in [-0.3, -0.25) is 4.79 Å². The van der Waals surface area contributed by atoms with E-state index >= 15 is 0 Å². The number of hydrogen-bond acceptors (Lipinski definition) is 6. The Morgan fingerprint density at radius 1 is 1.55 bits per heavy atom. The predicted molar refractivity (Wildman–Crippen MR) is 69.9 cm³/mol. The van der Waals surface area contributed by atoms with Crippen LogP contribution in [0.4, 0.5) is 0 Å². The van der Waals surface area contributed by atoms with Crippen molar-refractivity contribution in [2.75, 3.05) is 7.11 Å². The van der Waals surface area contributed by atoms with Crippen LogP contribution in [0.1, 0.15) is 25.1 Å². The topological polar surface area (TPSA) is 103 Å². The van der Waals surface area contributed by atoms with Crippen molar-refractivity contribution in [1.82, 2.24) is 19.5 Å². The summed E-state index contributed by atoms with van der Waals surface area (Å²) in [5.41, 5.74) is 0. The molecule has 1 aromatic heterocycles. The molecule has 9 heteroatoms. The molecule has 1 N–H and O–H groups in total. The lowest BCUT2D eigenvalue weighted by Gasteiger charge is -2.18. The SMILES string of the molecule is COC(=O)C1CCCC1S(=O)(=O)NCc1nncn1C. The molecule has 1 aromatic rings. The van der Waals surface area contributed by atoms with Crippen molar-refractivity contribution in [1.29, 1.82) is 0 Å². The molecule has 1 fully saturated rings. The molecule has 0 bridgehead atoms. The van der Waals surface area contributed by atoms with Crippen molar-refractivity contribution in [3.8, 4) is 0 Å². The van der Waals surface area contributed by atoms with Crippen LogP contribution in [0, 0.1) is 5.92 Å². The molecule has 20 heavy (non-hydrogen) atoms. The van der Waals surface area contributed by atoms with Crippen LogP contribution < -0.4 is 4.72 Å². The summed E-state index contributed by atoms with van der Waals surface area (Å²) in [7, 11) is -0.581. The summed E-state index contributed by atoms with van der Waals surface area (Å²) in [6, 6.07) is 0. The van der Waals surface area contributed by atoms with Crippen LogP contribution >= 0.6 is 0 Å². The van der Waals surface area contributed by atoms with Gasteiger partial charge in [0.2, 0.25) is 10.0 Å². The fraction of sp³-hybridized carbons (Fsp3) is 0.727. The Bertz CT molecular complexity index is 583. The number of aromatic nitrogens is 3. The van der Waals surface area contributed by atoms with Gasteiger partial charge in [0.05, 0.1) is 24.8 Å². The number of hydrogen-bond donors (Lipinski definition) is 1. The number of ether oxygens (including phenoxy) is 1. The molecule has 1 heterocycles. The molecule has 0 amide bonds. The molecular weight excluding hydrogens is 284 g/mol. The van der Waals surface area contributed by atoms with Crippen LogP contribution in [0.25, 0.3) is 0 Å². The third-order valence-corrected chi connectivity index (χ3v) is 5.50. The van der Waals surface area contributed by atoms with Crippen LogP contribution in [-0.2, 0) is 33.1 Å². The maximum Gasteiger partial charge on any atom is 0.310 e. The summed E-state index contributed by atoms with van der Waals surface area (Å²) < 4.78 is 33.4. The van der Waals surface area contributed by atoms with Crippen molar-refractivity contribution in [2.45, 2.75) is 31.1 Å². The lowest BCUT2D eigenvalue weighted by molar-refractivity contribution is -0.145. The summed E-state index contributed by atoms with van der Waals surface area (Å²) in [5.74, 6) is -0.533. The second-order valence-corrected chi connectivity index (χ2v) is 6.81. The Kier molecular flexibility index (Phi) is 4.39. The molecule has 112 valence electrons. The number of rotatable bonds is 5. The molecule has 1 aliphatic rings. The largest absolute Gasteiger partial charge is 0.469 e. The van der Waals surface area contributed by atoms with Gasteiger partial charge in [-0.1, -0.05) is 6.42 Å². The Labute approximate surface area is 117 Å². The first-order valence-electron chi connectivity index (χ1n) is 6.35. The molecule has 0 saturated heterocycles. The van der Waals surface area contributed by atoms with E-state index in [0.29, 0.717) is 25.1 Å². The molecule has 0 aliphatic heterocycles. The molecule has 1 aliphatic carbocycles. The number of nitrogens with zero attached hydrogens (tertiary/aromatic N) is 3. The van der Waals surface area contributed by atoms with Gasteiger partial charge in [-0.2, -0.15) is 0 Å². The van der Waals surface area contributed by atoms with Crippen molar-refractivity contribution < 1.29 is 17.9 Å². The molecule has 0 aromatic carbocycles. The van der Waals surface area contributed by atoms with E-state index in [-0.39, 0.29) is 6.54 Å². The Hall–Kier alpha value is -1.48. The van der Waals surface area contributed by atoms with Crippen molar-refractivity contribution in [2.24, 2.45) is 13.0 Å². The fourth-order valence-corrected chi connectivity index (χ4v) is 4.16. The van der Waals surface area contributed by atoms with Gasteiger partial charge in [0.1, 0.15) is 12.2 Å². The highest BCUT2D eigenvalue weighted by atomic mass is 32.2. The number of esters is 1. The lowest BCUT2D eigenvalue weighted by atomic mass is 10.1. The van der Waals surface area contributed by atoms with Gasteiger partial charge in [0.25, 0.3) is 0 Å². The second kappa shape index (κ2) is 5.88. The lowest BCUT2D eigenvalue weighted by Crippen LogP contribution is -2.39. The fourth-order valence-electron chi connectivity index (χ4n) is 2.46. The van der Waals surface area contributed by atoms with E-state index in [4.69, 9.17) is 0 Å². The highest BCUT2D eigenvalue weighted by molar-refractivity contribution is 7.90. The van der Waals surface area contributed by atoms with Crippen LogP contribution in [0.5, 0.6) is 0 Å². The molecule has 0 radical (unpaired) electrons. The third-order valence-electron chi connectivity index (χ3n) is 3.59. The normalized spacial score (nSPS) is 22.9. The highest BCUT2D eigenvalue weighted by Gasteiger charge is 2.42. The first kappa shape index (κ1) is 14.9. The Morgan fingerprint density at radius 2 is 2.30 bits per heavy atom. The average molecular weight is 302 g/mol. The average Bonchev–Trinajstić information content (AvgIpc) is 3.04. The quantitative estimate of drug-likeness (QED) is 0.741. The smallest absolute Gasteiger partial charge is 0.310 e. The molecule has 1 saturated carbocycles. The van der Waals surface area contributed by atoms with E-state index in [2.05, 4.69) is 19.7 Å². The minimum Gasteiger partial charge on any atom is -0.469 e. The number of sulfonamides is 1. The van der Waals surface area contributed by atoms with Crippen LogP contribution in [0.15, 0.2) is 6.33 Å². The minimum absolute atomic E-state index is 0.0588. The predicted octanol–water partition coefficient (Wildman–Crippen LogP) is -0.424. The zero-order chi connectivity index (χ0) is 14.8. The highest BCUT2D eigenvalue weighted by Crippen LogP contribution is 2.31. The monoisotopic (exact) mass is 302 g/mol. The van der Waals surface area contributed by atoms with Gasteiger partial charge < -0.3 is 9.30 Å². The number of carbonyl (C=O) groups excluding carboxylic acids is 1. The molecule has 2 atom stereocenters. The molecule has 2 unspecified atom stereocenters. The summed E-state index contributed by atoms with van der Waals surface area (Å²) in [6.07, 6.45) is 3.21. The van der Waals surface area contributed by atoms with Crippen molar-refractivity contribution in [3.05, 3.63) is 12.2 Å². The number of methoxy groups -OCH3 is 1. The van der Waals surface area contributed by atoms with Gasteiger partial charge in [0, 0.05) is 7.05 Å². The first-order chi connectivity index (χ1) is 9.45. The van der Waals surface area contributed by atoms with Crippen LogP contribution in [-0.4, -0.2) is 41.5 Å². The first-order valence-corrected chi connectivity index (χ1v) is 7.89. The summed E-state index contributed by atoms with van der Waals surface area (Å²) in [4.78, 5) is 11.6. The van der Waals surface area contributed by atoms with Gasteiger partial charge in [-0.05, 0) is 12.8 Å². The molecular formula is C11H18N4O4S. The second-order valence-electron chi connectivity index (χ2n) is 4.82. The standard InChI is InChI=1S/C11H18N4O4S/c1-15-7-12-14-10(15)6-13-20(17,18)9-5-3-4-8(9)11(16)19-2/h7-9,13H,3-6H2,1-2H3. The Morgan fingerprint density at radius 3 is 2.90 bits per heavy atom. The van der Waals surface area contributed by atoms with Gasteiger partial charge >= 0.3 is 5.97 Å². The van der Waals surface area contributed by atoms with Gasteiger partial charge in [-0.15, -0.1) is 10.2 Å². The van der Waals surface area contributed by atoms with Crippen molar-refractivity contribution >= 4 is 16.0 Å². The van der Waals surface area contributed by atoms with E-state index in [1.165, 1.54) is 13.4 Å². The van der Waals surface area contributed by atoms with E-state index < -0.39 is 27.2 Å². The van der Waals surface area contributed by atoms with E-state index in [0.717, 1.165) is 0 Å². The third kappa shape index (κ3) is 2.98. The number of carbonyl (C=O) groups is 1. The van der Waals surface area contributed by atoms with Crippen LogP contribution in [0.2, 0.25) is 0 Å². The number of nitrogens with one attached hydrogen (secondary N) is 1. The van der Waals surface area contributed by atoms with Crippen molar-refractivity contribution in [3.63, 3.8) is 0 Å². The van der Waals surface area contributed by atoms with E-state index in [9.17, 15) is 13.2 Å². The minimum atomic E-state index is -3.59. The molecule has 0 spiro atoms. The zero-order valence-electron chi connectivity index (χ0n) is 11.4. The summed E-state index contributed by atoms with van der Waals surface area (Å²) in [6.45, 7) is 0.0588. The maximum absolute atomic E-state index is 12.3. The van der Waals surface area contributed by atoms with Gasteiger partial charge in [-0.25, -0.2) is 13.1 Å². The Balaban J connectivity index is 2.06. The van der Waals surface area contributed by atoms with Gasteiger partial charge in [0.15, 0.2) is 0 Å². The molecule has 2 rings (SSSR count). The maximum atomic E-state index is 12.3.